The number of thiol groups is 3. The van der Waals surface area contributed by atoms with Crippen molar-refractivity contribution < 1.29 is 131 Å². The number of hydrogen-bond donors (Lipinski definition) is 31. The summed E-state index contributed by atoms with van der Waals surface area (Å²) in [4.78, 5) is 320. The molecule has 1 aromatic carbocycles. The Labute approximate surface area is 847 Å². The number of aliphatic hydroxyl groups excluding tert-OH is 2. The van der Waals surface area contributed by atoms with Crippen molar-refractivity contribution in [2.45, 2.75) is 273 Å². The first kappa shape index (κ1) is 125. The normalized spacial score (nSPS) is 16.0. The van der Waals surface area contributed by atoms with Crippen LogP contribution in [0.5, 0.6) is 0 Å². The zero-order valence-electron chi connectivity index (χ0n) is 81.6. The summed E-state index contributed by atoms with van der Waals surface area (Å²) in [5, 5.41) is 83.1. The third-order valence-electron chi connectivity index (χ3n) is 22.7. The maximum atomic E-state index is 14.8. The Morgan fingerprint density at radius 1 is 0.451 bits per heavy atom. The van der Waals surface area contributed by atoms with E-state index in [0.717, 1.165) is 4.90 Å². The highest BCUT2D eigenvalue weighted by atomic mass is 32.1. The van der Waals surface area contributed by atoms with Gasteiger partial charge >= 0.3 is 11.9 Å². The molecule has 144 heavy (non-hydrogen) atoms. The van der Waals surface area contributed by atoms with E-state index in [1.165, 1.54) is 26.4 Å². The first-order chi connectivity index (χ1) is 68.0. The number of imidazole rings is 1. The SMILES string of the molecule is CC[C@H](C)[C@H](NC(=O)[C@H](CC(C)C)NC(=O)CNC(=O)[C@H](CCCCN)NC(=O)[C@@H]1CCCN1C(=O)[C@H](CC(N)=O)NC(=O)[C@H](CCC(=O)O)NC(=O)[C@H](Cc1ccccc1)NC(=O)[C@H](C)NC(=O)[C@H](C)NC(=O)[C@H](CS)NC(=O)[C@H](CCC(N)=O)NC(=O)[C@H](CO)NC(=O)[C@@H](NC(=O)[C@@H](N)CS)C(C)C)C(=O)N[C@@H](Cc1c[nH]cn1)C(=O)NCC(=O)N[C@@H](CS)C(=O)N[C@@H](CO)C(=O)N[C@@H](CCCCN)C(=O)O. The molecule has 1 saturated heterocycles. The van der Waals surface area contributed by atoms with Gasteiger partial charge in [-0.25, -0.2) is 9.78 Å². The van der Waals surface area contributed by atoms with Crippen LogP contribution in [0.2, 0.25) is 0 Å². The predicted octanol–water partition coefficient (Wildman–Crippen LogP) is -10.6. The van der Waals surface area contributed by atoms with Gasteiger partial charge < -0.3 is 155 Å². The highest BCUT2D eigenvalue weighted by Crippen LogP contribution is 2.22. The molecule has 0 radical (unpaired) electrons. The van der Waals surface area contributed by atoms with Crippen molar-refractivity contribution in [1.82, 2.24) is 111 Å². The van der Waals surface area contributed by atoms with Gasteiger partial charge in [0, 0.05) is 55.7 Å². The number of nitrogens with zero attached hydrogens (tertiary/aromatic N) is 2. The molecule has 0 spiro atoms. The van der Waals surface area contributed by atoms with E-state index in [9.17, 15) is 131 Å². The molecule has 53 nitrogen and oxygen atoms in total. The second kappa shape index (κ2) is 65.4. The number of carbonyl (C=O) groups is 23. The lowest BCUT2D eigenvalue weighted by Crippen LogP contribution is -2.61. The van der Waals surface area contributed by atoms with Crippen LogP contribution in [0.4, 0.5) is 0 Å². The molecule has 19 atom stereocenters. The number of likely N-dealkylation sites (tertiary alicyclic amines) is 1. The van der Waals surface area contributed by atoms with Gasteiger partial charge in [-0.1, -0.05) is 78.3 Å². The predicted molar refractivity (Wildman–Crippen MR) is 525 cm³/mol. The minimum absolute atomic E-state index is 0.00171. The minimum Gasteiger partial charge on any atom is -0.481 e. The standard InChI is InChI=1S/C88H142N26O27S3/c1-9-45(6)70(86(138)107-57(32-49-34-94-42-97-49)75(127)96-36-67(120)101-61(40-143)83(135)109-59(37-115)81(133)105-54(88(140)141)21-14-16-28-90)113-79(131)55(30-43(2)3)100-66(119)35-95-74(126)51(20-13-15-27-89)104-84(136)63-22-17-29-114(63)87(139)58(33-65(93)118)108-76(128)53(24-26-68(121)122)102-78(130)56(31-48-18-11-10-12-19-48)106-72(124)47(8)98-71(123)46(7)99-82(134)62(41-144)111-77(129)52(23-25-64(92)117)103-80(132)60(38-116)110-85(137)69(44(4)5)112-73(125)50(91)39-142/h10-12,18-19,34,42-47,50-63,69-70,115-116,142-144H,9,13-17,20-33,35-41,89-91H2,1-8H3,(H2,92,117)(H2,93,118)(H,94,97)(H,95,126)(H,96,127)(H,98,123)(H,99,134)(H,100,119)(H,101,120)(H,102,130)(H,103,132)(H,104,136)(H,105,133)(H,106,124)(H,107,138)(H,108,128)(H,109,135)(H,110,137)(H,111,129)(H,112,125)(H,113,131)(H,121,122)(H,140,141)/t45-,46-,47-,50-,51-,52-,53-,54-,55-,56-,57-,58-,59-,60-,61-,62-,63-,69-,70-/m0/s1. The number of carbonyl (C=O) groups excluding carboxylic acids is 21. The largest absolute Gasteiger partial charge is 0.481 e. The van der Waals surface area contributed by atoms with Crippen molar-refractivity contribution in [3.05, 3.63) is 54.1 Å². The second-order valence-electron chi connectivity index (χ2n) is 35.2. The topological polar surface area (TPSA) is 852 Å². The Hall–Kier alpha value is -12.9. The number of nitrogens with two attached hydrogens (primary N) is 5. The Morgan fingerprint density at radius 2 is 0.882 bits per heavy atom. The molecule has 2 aromatic rings. The number of primary amides is 2. The lowest BCUT2D eigenvalue weighted by molar-refractivity contribution is -0.143. The molecule has 0 aliphatic carbocycles. The molecule has 0 unspecified atom stereocenters. The summed E-state index contributed by atoms with van der Waals surface area (Å²) in [6.45, 7) is 8.87. The summed E-state index contributed by atoms with van der Waals surface area (Å²) in [6.07, 6.45) is 0.208. The summed E-state index contributed by atoms with van der Waals surface area (Å²) in [6, 6.07) is -19.6. The molecule has 56 heteroatoms. The lowest BCUT2D eigenvalue weighted by Gasteiger charge is -2.30. The Kier molecular flexibility index (Phi) is 56.9. The molecule has 33 N–H and O–H groups in total. The quantitative estimate of drug-likeness (QED) is 0.0216. The monoisotopic (exact) mass is 2090 g/mol. The molecule has 1 aliphatic heterocycles. The van der Waals surface area contributed by atoms with Crippen LogP contribution in [-0.2, 0) is 123 Å². The molecule has 804 valence electrons. The Balaban J connectivity index is 1.80. The fraction of sp³-hybridized carbons (Fsp3) is 0.636. The third kappa shape index (κ3) is 44.5. The van der Waals surface area contributed by atoms with E-state index in [0.29, 0.717) is 24.8 Å². The van der Waals surface area contributed by atoms with E-state index < -0.39 is 321 Å². The maximum Gasteiger partial charge on any atom is 0.326 e. The van der Waals surface area contributed by atoms with E-state index >= 15 is 0 Å². The number of unbranched alkanes of at least 4 members (excludes halogenated alkanes) is 2. The molecule has 3 rings (SSSR count). The van der Waals surface area contributed by atoms with Crippen LogP contribution in [0.15, 0.2) is 42.9 Å². The van der Waals surface area contributed by atoms with Gasteiger partial charge in [0.15, 0.2) is 0 Å². The van der Waals surface area contributed by atoms with Gasteiger partial charge in [0.1, 0.15) is 103 Å². The van der Waals surface area contributed by atoms with Gasteiger partial charge in [0.2, 0.25) is 124 Å². The summed E-state index contributed by atoms with van der Waals surface area (Å²) in [5.41, 5.74) is 28.7. The number of hydrogen-bond acceptors (Lipinski definition) is 32. The van der Waals surface area contributed by atoms with Crippen molar-refractivity contribution >= 4 is 174 Å². The molecule has 1 fully saturated rings. The Bertz CT molecular complexity index is 4680. The number of rotatable bonds is 68. The van der Waals surface area contributed by atoms with Crippen molar-refractivity contribution in [2.24, 2.45) is 46.4 Å². The van der Waals surface area contributed by atoms with Gasteiger partial charge in [-0.3, -0.25) is 105 Å². The molecular weight excluding hydrogens is 1950 g/mol. The average Bonchev–Trinajstić information content (AvgIpc) is 1.65. The van der Waals surface area contributed by atoms with E-state index in [4.69, 9.17) is 28.7 Å². The zero-order valence-corrected chi connectivity index (χ0v) is 84.2. The van der Waals surface area contributed by atoms with Crippen LogP contribution >= 0.6 is 37.9 Å². The smallest absolute Gasteiger partial charge is 0.326 e. The van der Waals surface area contributed by atoms with Gasteiger partial charge in [-0.2, -0.15) is 37.9 Å². The Morgan fingerprint density at radius 3 is 1.38 bits per heavy atom. The summed E-state index contributed by atoms with van der Waals surface area (Å²) < 4.78 is 0. The van der Waals surface area contributed by atoms with Crippen molar-refractivity contribution in [3.8, 4) is 0 Å². The van der Waals surface area contributed by atoms with Gasteiger partial charge in [0.05, 0.1) is 50.8 Å². The van der Waals surface area contributed by atoms with Crippen molar-refractivity contribution in [1.29, 1.82) is 0 Å². The summed E-state index contributed by atoms with van der Waals surface area (Å²) in [5.74, 6) is -26.4. The van der Waals surface area contributed by atoms with E-state index in [-0.39, 0.29) is 101 Å². The lowest BCUT2D eigenvalue weighted by atomic mass is 9.96. The fourth-order valence-electron chi connectivity index (χ4n) is 14.3. The summed E-state index contributed by atoms with van der Waals surface area (Å²) in [7, 11) is 0. The number of amides is 21. The maximum absolute atomic E-state index is 14.8. The molecule has 1 aromatic heterocycles. The molecule has 0 bridgehead atoms. The number of aliphatic hydroxyl groups is 2. The van der Waals surface area contributed by atoms with Crippen LogP contribution in [0.1, 0.15) is 163 Å². The molecule has 1 aliphatic rings. The number of carboxylic acids is 2. The van der Waals surface area contributed by atoms with Crippen molar-refractivity contribution in [3.63, 3.8) is 0 Å². The number of carboxylic acid groups (broad SMARTS) is 2. The van der Waals surface area contributed by atoms with Crippen LogP contribution < -0.4 is 124 Å². The highest BCUT2D eigenvalue weighted by molar-refractivity contribution is 7.80. The number of benzene rings is 1. The average molecular weight is 2090 g/mol. The van der Waals surface area contributed by atoms with Gasteiger partial charge in [-0.15, -0.1) is 0 Å². The minimum atomic E-state index is -1.92. The molecule has 21 amide bonds. The summed E-state index contributed by atoms with van der Waals surface area (Å²) >= 11 is 12.3. The first-order valence-electron chi connectivity index (χ1n) is 47.0. The van der Waals surface area contributed by atoms with Crippen LogP contribution in [0, 0.1) is 17.8 Å². The van der Waals surface area contributed by atoms with Gasteiger partial charge in [0.25, 0.3) is 0 Å². The third-order valence-corrected chi connectivity index (χ3v) is 23.8. The van der Waals surface area contributed by atoms with Crippen LogP contribution in [-0.4, -0.2) is 343 Å². The van der Waals surface area contributed by atoms with Crippen LogP contribution in [0.3, 0.4) is 0 Å². The van der Waals surface area contributed by atoms with Crippen LogP contribution in [0.25, 0.3) is 0 Å². The molecular formula is C88H142N26O27S3. The number of nitrogens with one attached hydrogen (secondary N) is 19. The van der Waals surface area contributed by atoms with E-state index in [2.05, 4.69) is 144 Å². The molecule has 0 saturated carbocycles. The van der Waals surface area contributed by atoms with Crippen molar-refractivity contribution in [2.75, 3.05) is 63.2 Å². The second-order valence-corrected chi connectivity index (χ2v) is 36.3. The number of aliphatic carboxylic acids is 2. The number of H-pyrrole nitrogens is 1. The van der Waals surface area contributed by atoms with Gasteiger partial charge in [-0.05, 0) is 121 Å². The van der Waals surface area contributed by atoms with E-state index in [1.54, 1.807) is 71.9 Å². The highest BCUT2D eigenvalue weighted by Gasteiger charge is 2.43. The molecule has 2 heterocycles. The zero-order chi connectivity index (χ0) is 108. The van der Waals surface area contributed by atoms with E-state index in [1.807, 2.05) is 0 Å². The first-order valence-corrected chi connectivity index (χ1v) is 48.8. The fourth-order valence-corrected chi connectivity index (χ4v) is 15.0. The number of aromatic nitrogens is 2. The number of aromatic amines is 1.